The molecule has 0 bridgehead atoms. The van der Waals surface area contributed by atoms with Gasteiger partial charge in [0.1, 0.15) is 5.82 Å². The maximum absolute atomic E-state index is 13.0. The summed E-state index contributed by atoms with van der Waals surface area (Å²) in [4.78, 5) is 0. The van der Waals surface area contributed by atoms with Gasteiger partial charge in [0.05, 0.1) is 0 Å². The fourth-order valence-electron chi connectivity index (χ4n) is 0.891. The second kappa shape index (κ2) is 3.98. The molecule has 4 heteroatoms. The minimum Gasteiger partial charge on any atom is -0.316 e. The Morgan fingerprint density at radius 1 is 1.58 bits per heavy atom. The van der Waals surface area contributed by atoms with Crippen LogP contribution < -0.4 is 5.48 Å². The van der Waals surface area contributed by atoms with Gasteiger partial charge in [-0.2, -0.15) is 0 Å². The quantitative estimate of drug-likeness (QED) is 0.770. The van der Waals surface area contributed by atoms with Crippen LogP contribution in [-0.2, 0) is 6.54 Å². The van der Waals surface area contributed by atoms with Gasteiger partial charge >= 0.3 is 0 Å². The monoisotopic (exact) mass is 233 g/mol. The molecule has 1 aromatic carbocycles. The zero-order chi connectivity index (χ0) is 9.14. The van der Waals surface area contributed by atoms with Crippen molar-refractivity contribution in [2.45, 2.75) is 13.5 Å². The van der Waals surface area contributed by atoms with Crippen molar-refractivity contribution in [3.63, 3.8) is 0 Å². The van der Waals surface area contributed by atoms with Crippen molar-refractivity contribution in [3.8, 4) is 0 Å². The van der Waals surface area contributed by atoms with E-state index in [0.29, 0.717) is 15.6 Å². The van der Waals surface area contributed by atoms with Gasteiger partial charge in [0, 0.05) is 11.0 Å². The Balaban J connectivity index is 3.04. The topological polar surface area (TPSA) is 32.3 Å². The smallest absolute Gasteiger partial charge is 0.127 e. The molecule has 0 radical (unpaired) electrons. The van der Waals surface area contributed by atoms with E-state index in [1.165, 1.54) is 6.07 Å². The van der Waals surface area contributed by atoms with Crippen LogP contribution in [0.2, 0.25) is 0 Å². The fraction of sp³-hybridized carbons (Fsp3) is 0.250. The molecule has 0 aliphatic rings. The molecule has 1 rings (SSSR count). The first-order valence-electron chi connectivity index (χ1n) is 3.46. The van der Waals surface area contributed by atoms with Crippen LogP contribution >= 0.6 is 15.9 Å². The van der Waals surface area contributed by atoms with Crippen molar-refractivity contribution >= 4 is 15.9 Å². The molecule has 0 saturated heterocycles. The first-order valence-corrected chi connectivity index (χ1v) is 4.26. The molecule has 0 aliphatic heterocycles. The first kappa shape index (κ1) is 9.64. The van der Waals surface area contributed by atoms with E-state index in [0.717, 1.165) is 0 Å². The molecule has 0 fully saturated rings. The van der Waals surface area contributed by atoms with Crippen molar-refractivity contribution in [1.29, 1.82) is 0 Å². The van der Waals surface area contributed by atoms with Crippen LogP contribution in [0.1, 0.15) is 11.1 Å². The van der Waals surface area contributed by atoms with Crippen LogP contribution in [0.3, 0.4) is 0 Å². The molecule has 2 nitrogen and oxygen atoms in total. The van der Waals surface area contributed by atoms with E-state index < -0.39 is 0 Å². The summed E-state index contributed by atoms with van der Waals surface area (Å²) in [7, 11) is 0. The lowest BCUT2D eigenvalue weighted by atomic mass is 10.1. The van der Waals surface area contributed by atoms with Gasteiger partial charge in [-0.15, -0.1) is 0 Å². The van der Waals surface area contributed by atoms with Crippen LogP contribution in [0.5, 0.6) is 0 Å². The number of hydroxylamine groups is 1. The predicted molar refractivity (Wildman–Crippen MR) is 47.5 cm³/mol. The highest BCUT2D eigenvalue weighted by atomic mass is 79.9. The fourth-order valence-corrected chi connectivity index (χ4v) is 1.37. The number of benzene rings is 1. The second-order valence-electron chi connectivity index (χ2n) is 2.52. The van der Waals surface area contributed by atoms with Crippen molar-refractivity contribution in [2.24, 2.45) is 0 Å². The number of hydrogen-bond acceptors (Lipinski definition) is 2. The van der Waals surface area contributed by atoms with E-state index >= 15 is 0 Å². The molecule has 0 heterocycles. The van der Waals surface area contributed by atoms with Crippen LogP contribution in [0, 0.1) is 12.7 Å². The number of nitrogens with one attached hydrogen (secondary N) is 1. The summed E-state index contributed by atoms with van der Waals surface area (Å²) in [5.41, 5.74) is 3.25. The number of halogens is 2. The average Bonchev–Trinajstić information content (AvgIpc) is 2.01. The maximum atomic E-state index is 13.0. The van der Waals surface area contributed by atoms with Crippen LogP contribution in [-0.4, -0.2) is 5.21 Å². The van der Waals surface area contributed by atoms with E-state index in [1.807, 2.05) is 5.48 Å². The second-order valence-corrected chi connectivity index (χ2v) is 3.37. The molecule has 2 N–H and O–H groups in total. The van der Waals surface area contributed by atoms with Crippen LogP contribution in [0.15, 0.2) is 16.6 Å². The Morgan fingerprint density at radius 2 is 2.25 bits per heavy atom. The van der Waals surface area contributed by atoms with Gasteiger partial charge in [-0.1, -0.05) is 15.9 Å². The molecule has 0 saturated carbocycles. The number of rotatable bonds is 2. The Kier molecular flexibility index (Phi) is 3.20. The lowest BCUT2D eigenvalue weighted by Crippen LogP contribution is -2.06. The van der Waals surface area contributed by atoms with E-state index in [9.17, 15) is 4.39 Å². The standard InChI is InChI=1S/C8H9BrFNO/c1-5-7(9)2-6(4-11-12)3-8(5)10/h2-3,11-12H,4H2,1H3. The Morgan fingerprint density at radius 3 is 2.75 bits per heavy atom. The minimum atomic E-state index is -0.269. The molecular formula is C8H9BrFNO. The van der Waals surface area contributed by atoms with Gasteiger partial charge in [0.15, 0.2) is 0 Å². The number of hydrogen-bond donors (Lipinski definition) is 2. The third-order valence-corrected chi connectivity index (χ3v) is 2.45. The van der Waals surface area contributed by atoms with Crippen molar-refractivity contribution < 1.29 is 9.60 Å². The maximum Gasteiger partial charge on any atom is 0.127 e. The molecule has 0 aromatic heterocycles. The first-order chi connectivity index (χ1) is 5.65. The highest BCUT2D eigenvalue weighted by molar-refractivity contribution is 9.10. The summed E-state index contributed by atoms with van der Waals surface area (Å²) in [6.45, 7) is 1.94. The van der Waals surface area contributed by atoms with Gasteiger partial charge in [-0.3, -0.25) is 0 Å². The van der Waals surface area contributed by atoms with E-state index in [2.05, 4.69) is 15.9 Å². The highest BCUT2D eigenvalue weighted by Crippen LogP contribution is 2.20. The van der Waals surface area contributed by atoms with Gasteiger partial charge < -0.3 is 5.21 Å². The normalized spacial score (nSPS) is 10.3. The van der Waals surface area contributed by atoms with E-state index in [1.54, 1.807) is 13.0 Å². The van der Waals surface area contributed by atoms with Crippen LogP contribution in [0.4, 0.5) is 4.39 Å². The minimum absolute atomic E-state index is 0.246. The summed E-state index contributed by atoms with van der Waals surface area (Å²) in [6.07, 6.45) is 0. The van der Waals surface area contributed by atoms with Crippen molar-refractivity contribution in [1.82, 2.24) is 5.48 Å². The van der Waals surface area contributed by atoms with E-state index in [4.69, 9.17) is 5.21 Å². The molecule has 12 heavy (non-hydrogen) atoms. The summed E-state index contributed by atoms with van der Waals surface area (Å²) in [6, 6.07) is 3.16. The van der Waals surface area contributed by atoms with Gasteiger partial charge in [0.2, 0.25) is 0 Å². The SMILES string of the molecule is Cc1c(F)cc(CNO)cc1Br. The lowest BCUT2D eigenvalue weighted by molar-refractivity contribution is 0.161. The van der Waals surface area contributed by atoms with Crippen molar-refractivity contribution in [2.75, 3.05) is 0 Å². The Labute approximate surface area is 78.5 Å². The molecule has 0 atom stereocenters. The molecular weight excluding hydrogens is 225 g/mol. The summed E-state index contributed by atoms with van der Waals surface area (Å²) in [5, 5.41) is 8.38. The van der Waals surface area contributed by atoms with Gasteiger partial charge in [-0.05, 0) is 30.2 Å². The molecule has 66 valence electrons. The lowest BCUT2D eigenvalue weighted by Gasteiger charge is -2.04. The summed E-state index contributed by atoms with van der Waals surface area (Å²) >= 11 is 3.22. The largest absolute Gasteiger partial charge is 0.316 e. The zero-order valence-corrected chi connectivity index (χ0v) is 8.15. The summed E-state index contributed by atoms with van der Waals surface area (Å²) in [5.74, 6) is -0.269. The molecule has 0 amide bonds. The van der Waals surface area contributed by atoms with Gasteiger partial charge in [-0.25, -0.2) is 9.87 Å². The molecule has 0 spiro atoms. The average molecular weight is 234 g/mol. The third-order valence-electron chi connectivity index (χ3n) is 1.62. The predicted octanol–water partition coefficient (Wildman–Crippen LogP) is 2.38. The Bertz CT molecular complexity index is 267. The van der Waals surface area contributed by atoms with Crippen LogP contribution in [0.25, 0.3) is 0 Å². The van der Waals surface area contributed by atoms with Gasteiger partial charge in [0.25, 0.3) is 0 Å². The molecule has 1 aromatic rings. The highest BCUT2D eigenvalue weighted by Gasteiger charge is 2.03. The van der Waals surface area contributed by atoms with Crippen molar-refractivity contribution in [3.05, 3.63) is 33.5 Å². The molecule has 0 aliphatic carbocycles. The third kappa shape index (κ3) is 2.03. The van der Waals surface area contributed by atoms with E-state index in [-0.39, 0.29) is 12.4 Å². The zero-order valence-electron chi connectivity index (χ0n) is 6.56. The molecule has 0 unspecified atom stereocenters. The summed E-state index contributed by atoms with van der Waals surface area (Å²) < 4.78 is 13.7. The Hall–Kier alpha value is -0.450.